The molecule has 1 saturated heterocycles. The minimum atomic E-state index is -1.14. The van der Waals surface area contributed by atoms with Crippen molar-refractivity contribution in [2.75, 3.05) is 5.73 Å². The average molecular weight is 346 g/mol. The number of H-pyrrole nitrogens is 1. The van der Waals surface area contributed by atoms with Crippen molar-refractivity contribution in [3.05, 3.63) is 16.7 Å². The van der Waals surface area contributed by atoms with Gasteiger partial charge >= 0.3 is 120 Å². The van der Waals surface area contributed by atoms with E-state index in [1.54, 1.807) is 0 Å². The van der Waals surface area contributed by atoms with Crippen LogP contribution in [0.3, 0.4) is 0 Å². The van der Waals surface area contributed by atoms with Crippen molar-refractivity contribution in [2.45, 2.75) is 29.9 Å². The number of nitrogens with one attached hydrogen (secondary N) is 1. The third kappa shape index (κ3) is 1.93. The van der Waals surface area contributed by atoms with Gasteiger partial charge < -0.3 is 0 Å². The van der Waals surface area contributed by atoms with Crippen LogP contribution in [0, 0.1) is 0 Å². The first-order valence-electron chi connectivity index (χ1n) is 5.87. The molecule has 5 N–H and O–H groups in total. The number of aliphatic hydroxyl groups excluding tert-OH is 2. The number of nitrogens with two attached hydrogens (primary N) is 1. The van der Waals surface area contributed by atoms with Gasteiger partial charge in [-0.3, -0.25) is 0 Å². The van der Waals surface area contributed by atoms with Gasteiger partial charge in [-0.1, -0.05) is 0 Å². The molecule has 2 aromatic rings. The van der Waals surface area contributed by atoms with Crippen LogP contribution >= 0.6 is 0 Å². The van der Waals surface area contributed by atoms with Crippen LogP contribution < -0.4 is 11.3 Å². The van der Waals surface area contributed by atoms with Gasteiger partial charge in [-0.25, -0.2) is 0 Å². The van der Waals surface area contributed by atoms with Gasteiger partial charge in [0.1, 0.15) is 0 Å². The SMILES string of the molecule is Nc1nc2c(ncn2[C@@H]2O[C@H](C[SeH])[C@@H](O)[C@H]2O)c(=O)[nH]1. The Morgan fingerprint density at radius 1 is 1.50 bits per heavy atom. The second kappa shape index (κ2) is 4.83. The summed E-state index contributed by atoms with van der Waals surface area (Å²) in [4.78, 5) is 22.0. The van der Waals surface area contributed by atoms with Crippen molar-refractivity contribution in [2.24, 2.45) is 0 Å². The zero-order valence-electron chi connectivity index (χ0n) is 10.2. The molecule has 3 heterocycles. The molecule has 1 fully saturated rings. The number of rotatable bonds is 2. The van der Waals surface area contributed by atoms with Gasteiger partial charge in [0.2, 0.25) is 0 Å². The van der Waals surface area contributed by atoms with Gasteiger partial charge in [0.25, 0.3) is 0 Å². The molecule has 1 aliphatic rings. The number of aromatic amines is 1. The van der Waals surface area contributed by atoms with E-state index in [4.69, 9.17) is 10.5 Å². The zero-order chi connectivity index (χ0) is 14.4. The molecule has 4 atom stereocenters. The summed E-state index contributed by atoms with van der Waals surface area (Å²) in [5.41, 5.74) is 5.33. The number of ether oxygens (including phenoxy) is 1. The summed E-state index contributed by atoms with van der Waals surface area (Å²) >= 11 is 2.29. The van der Waals surface area contributed by atoms with E-state index in [-0.39, 0.29) is 17.1 Å². The molecule has 0 unspecified atom stereocenters. The first-order valence-corrected chi connectivity index (χ1v) is 7.20. The minimum absolute atomic E-state index is 0.0546. The van der Waals surface area contributed by atoms with Crippen molar-refractivity contribution in [3.8, 4) is 0 Å². The number of anilines is 1. The zero-order valence-corrected chi connectivity index (χ0v) is 12.0. The number of aliphatic hydroxyl groups is 2. The first kappa shape index (κ1) is 13.5. The fourth-order valence-electron chi connectivity index (χ4n) is 2.24. The summed E-state index contributed by atoms with van der Waals surface area (Å²) in [5.74, 6) is -0.0546. The Labute approximate surface area is 120 Å². The van der Waals surface area contributed by atoms with Gasteiger partial charge in [-0.15, -0.1) is 0 Å². The van der Waals surface area contributed by atoms with E-state index < -0.39 is 30.1 Å². The standard InChI is InChI=1S/C10H13N5O4Se/c11-10-13-7-4(8(18)14-10)12-2-15(7)9-6(17)5(16)3(1-20)19-9/h2-3,5-6,9,16-17,20H,1H2,(H3,11,13,14,18)/t3-,5-,6-,9-/m1/s1. The van der Waals surface area contributed by atoms with Crippen LogP contribution in [0.5, 0.6) is 0 Å². The van der Waals surface area contributed by atoms with Crippen LogP contribution in [0.25, 0.3) is 11.2 Å². The molecular weight excluding hydrogens is 333 g/mol. The Balaban J connectivity index is 2.09. The summed E-state index contributed by atoms with van der Waals surface area (Å²) in [6.45, 7) is 0. The quantitative estimate of drug-likeness (QED) is 0.446. The van der Waals surface area contributed by atoms with Gasteiger partial charge in [-0.2, -0.15) is 0 Å². The molecule has 108 valence electrons. The van der Waals surface area contributed by atoms with Crippen LogP contribution in [-0.2, 0) is 4.74 Å². The second-order valence-electron chi connectivity index (χ2n) is 4.50. The van der Waals surface area contributed by atoms with Gasteiger partial charge in [0, 0.05) is 0 Å². The molecule has 0 aliphatic carbocycles. The number of fused-ring (bicyclic) bond motifs is 1. The van der Waals surface area contributed by atoms with E-state index in [1.807, 2.05) is 0 Å². The van der Waals surface area contributed by atoms with Crippen LogP contribution in [0.1, 0.15) is 6.23 Å². The van der Waals surface area contributed by atoms with E-state index in [0.717, 1.165) is 0 Å². The number of nitrogens with zero attached hydrogens (tertiary/aromatic N) is 3. The van der Waals surface area contributed by atoms with E-state index in [9.17, 15) is 15.0 Å². The molecule has 0 spiro atoms. The molecule has 9 nitrogen and oxygen atoms in total. The van der Waals surface area contributed by atoms with Crippen molar-refractivity contribution < 1.29 is 14.9 Å². The van der Waals surface area contributed by atoms with Crippen molar-refractivity contribution >= 4 is 33.1 Å². The normalized spacial score (nSPS) is 30.1. The number of hydrogen-bond donors (Lipinski definition) is 4. The van der Waals surface area contributed by atoms with Crippen molar-refractivity contribution in [1.29, 1.82) is 0 Å². The number of aromatic nitrogens is 4. The van der Waals surface area contributed by atoms with E-state index in [1.165, 1.54) is 10.9 Å². The molecule has 0 saturated carbocycles. The maximum atomic E-state index is 11.7. The second-order valence-corrected chi connectivity index (χ2v) is 5.27. The maximum absolute atomic E-state index is 11.7. The predicted octanol–water partition coefficient (Wildman–Crippen LogP) is -2.36. The van der Waals surface area contributed by atoms with E-state index in [0.29, 0.717) is 5.32 Å². The monoisotopic (exact) mass is 347 g/mol. The summed E-state index contributed by atoms with van der Waals surface area (Å²) < 4.78 is 6.98. The molecule has 0 amide bonds. The van der Waals surface area contributed by atoms with Crippen LogP contribution in [-0.4, -0.2) is 64.1 Å². The first-order chi connectivity index (χ1) is 9.52. The molecule has 3 rings (SSSR count). The Hall–Kier alpha value is -1.45. The van der Waals surface area contributed by atoms with E-state index >= 15 is 0 Å². The topological polar surface area (TPSA) is 139 Å². The average Bonchev–Trinajstić information content (AvgIpc) is 2.93. The Morgan fingerprint density at radius 2 is 2.25 bits per heavy atom. The summed E-state index contributed by atoms with van der Waals surface area (Å²) in [6.07, 6.45) is -2.19. The van der Waals surface area contributed by atoms with Gasteiger partial charge in [-0.05, 0) is 0 Å². The third-order valence-electron chi connectivity index (χ3n) is 3.24. The molecule has 0 bridgehead atoms. The number of nitrogen functional groups attached to an aromatic ring is 1. The molecule has 0 aromatic carbocycles. The third-order valence-corrected chi connectivity index (χ3v) is 4.00. The fourth-order valence-corrected chi connectivity index (χ4v) is 2.87. The predicted molar refractivity (Wildman–Crippen MR) is 70.4 cm³/mol. The van der Waals surface area contributed by atoms with Gasteiger partial charge in [0.15, 0.2) is 0 Å². The molecule has 0 radical (unpaired) electrons. The van der Waals surface area contributed by atoms with Gasteiger partial charge in [0.05, 0.1) is 0 Å². The van der Waals surface area contributed by atoms with Crippen LogP contribution in [0.15, 0.2) is 11.1 Å². The van der Waals surface area contributed by atoms with Crippen molar-refractivity contribution in [3.63, 3.8) is 0 Å². The Bertz CT molecular complexity index is 701. The molecule has 20 heavy (non-hydrogen) atoms. The molecular formula is C10H13N5O4Se. The molecule has 2 aromatic heterocycles. The van der Waals surface area contributed by atoms with E-state index in [2.05, 4.69) is 31.0 Å². The van der Waals surface area contributed by atoms with Crippen LogP contribution in [0.2, 0.25) is 5.32 Å². The fraction of sp³-hybridized carbons (Fsp3) is 0.500. The molecule has 10 heteroatoms. The van der Waals surface area contributed by atoms with Crippen LogP contribution in [0.4, 0.5) is 5.95 Å². The van der Waals surface area contributed by atoms with Crippen molar-refractivity contribution in [1.82, 2.24) is 19.5 Å². The molecule has 1 aliphatic heterocycles. The number of hydrogen-bond acceptors (Lipinski definition) is 7. The number of imidazole rings is 1. The summed E-state index contributed by atoms with van der Waals surface area (Å²) in [7, 11) is 0. The summed E-state index contributed by atoms with van der Waals surface area (Å²) in [5, 5.41) is 20.4. The Kier molecular flexibility index (Phi) is 3.27. The Morgan fingerprint density at radius 3 is 2.90 bits per heavy atom. The summed E-state index contributed by atoms with van der Waals surface area (Å²) in [6, 6.07) is 0.